The minimum atomic E-state index is -0.528. The van der Waals surface area contributed by atoms with Crippen LogP contribution >= 0.6 is 27.9 Å². The van der Waals surface area contributed by atoms with E-state index in [1.54, 1.807) is 37.5 Å². The Kier molecular flexibility index (Phi) is 13.2. The van der Waals surface area contributed by atoms with E-state index in [1.165, 1.54) is 37.3 Å². The van der Waals surface area contributed by atoms with Gasteiger partial charge in [0.1, 0.15) is 11.6 Å². The summed E-state index contributed by atoms with van der Waals surface area (Å²) >= 11 is 4.63. The SMILES string of the molecule is C.CCC(=O)c1ccc(CN(SC)c2cccnc2)c(F)c1.COC(=O)c1ccc(CBr)c(F)c1. The highest BCUT2D eigenvalue weighted by Gasteiger charge is 2.12. The standard InChI is InChI=1S/C16H17FN2OS.C9H8BrFO2.CH4/c1-3-16(20)12-6-7-13(15(17)9-12)11-19(21-2)14-5-4-8-18-10-14;1-13-9(12)6-2-3-7(5-10)8(11)4-6;/h4-10H,3,11H2,1-2H3;2-4H,5H2,1H3;1H4. The van der Waals surface area contributed by atoms with Crippen molar-refractivity contribution in [2.45, 2.75) is 32.6 Å². The summed E-state index contributed by atoms with van der Waals surface area (Å²) < 4.78 is 33.7. The summed E-state index contributed by atoms with van der Waals surface area (Å²) in [5, 5.41) is 0.431. The number of ether oxygens (including phenoxy) is 1. The third-order valence-corrected chi connectivity index (χ3v) is 6.17. The molecule has 0 radical (unpaired) electrons. The van der Waals surface area contributed by atoms with Crippen molar-refractivity contribution in [1.82, 2.24) is 4.98 Å². The number of hydrogen-bond acceptors (Lipinski definition) is 6. The second kappa shape index (κ2) is 15.3. The summed E-state index contributed by atoms with van der Waals surface area (Å²) in [4.78, 5) is 26.6. The first-order valence-corrected chi connectivity index (χ1v) is 12.6. The number of rotatable bonds is 8. The third-order valence-electron chi connectivity index (χ3n) is 4.78. The zero-order chi connectivity index (χ0) is 25.1. The molecule has 0 unspecified atom stereocenters. The molecular weight excluding hydrogens is 538 g/mol. The fourth-order valence-electron chi connectivity index (χ4n) is 2.87. The first-order valence-electron chi connectivity index (χ1n) is 10.3. The molecule has 0 amide bonds. The Morgan fingerprint density at radius 3 is 2.20 bits per heavy atom. The molecule has 1 heterocycles. The smallest absolute Gasteiger partial charge is 0.337 e. The van der Waals surface area contributed by atoms with Crippen LogP contribution in [-0.2, 0) is 16.6 Å². The van der Waals surface area contributed by atoms with E-state index in [1.807, 2.05) is 22.7 Å². The number of benzene rings is 2. The highest BCUT2D eigenvalue weighted by Crippen LogP contribution is 2.24. The molecule has 9 heteroatoms. The summed E-state index contributed by atoms with van der Waals surface area (Å²) in [5.74, 6) is -1.33. The molecule has 0 saturated heterocycles. The first-order chi connectivity index (χ1) is 16.3. The quantitative estimate of drug-likeness (QED) is 0.124. The van der Waals surface area contributed by atoms with Gasteiger partial charge in [-0.05, 0) is 35.9 Å². The summed E-state index contributed by atoms with van der Waals surface area (Å²) in [7, 11) is 1.26. The average Bonchev–Trinajstić information content (AvgIpc) is 2.87. The van der Waals surface area contributed by atoms with Gasteiger partial charge in [0.15, 0.2) is 5.78 Å². The van der Waals surface area contributed by atoms with Gasteiger partial charge in [-0.2, -0.15) is 0 Å². The van der Waals surface area contributed by atoms with Crippen molar-refractivity contribution in [3.63, 3.8) is 0 Å². The van der Waals surface area contributed by atoms with Crippen LogP contribution in [-0.4, -0.2) is 30.1 Å². The van der Waals surface area contributed by atoms with Gasteiger partial charge in [-0.25, -0.2) is 13.6 Å². The van der Waals surface area contributed by atoms with Gasteiger partial charge in [0.2, 0.25) is 0 Å². The number of alkyl halides is 1. The van der Waals surface area contributed by atoms with E-state index in [2.05, 4.69) is 25.7 Å². The van der Waals surface area contributed by atoms with Crippen LogP contribution in [0.25, 0.3) is 0 Å². The molecule has 1 aromatic heterocycles. The van der Waals surface area contributed by atoms with Gasteiger partial charge < -0.3 is 9.04 Å². The highest BCUT2D eigenvalue weighted by atomic mass is 79.9. The molecule has 0 atom stereocenters. The Morgan fingerprint density at radius 2 is 1.69 bits per heavy atom. The van der Waals surface area contributed by atoms with Crippen molar-refractivity contribution < 1.29 is 23.1 Å². The number of aromatic nitrogens is 1. The molecular formula is C26H29BrF2N2O3S. The van der Waals surface area contributed by atoms with Gasteiger partial charge >= 0.3 is 5.97 Å². The van der Waals surface area contributed by atoms with Crippen LogP contribution in [0.15, 0.2) is 60.9 Å². The van der Waals surface area contributed by atoms with E-state index >= 15 is 0 Å². The normalized spacial score (nSPS) is 9.89. The van der Waals surface area contributed by atoms with Gasteiger partial charge in [-0.1, -0.05) is 60.4 Å². The monoisotopic (exact) mass is 566 g/mol. The number of anilines is 1. The Morgan fingerprint density at radius 1 is 1.06 bits per heavy atom. The second-order valence-corrected chi connectivity index (χ2v) is 8.31. The molecule has 5 nitrogen and oxygen atoms in total. The molecule has 35 heavy (non-hydrogen) atoms. The molecule has 188 valence electrons. The third kappa shape index (κ3) is 8.74. The van der Waals surface area contributed by atoms with E-state index < -0.39 is 11.8 Å². The van der Waals surface area contributed by atoms with E-state index in [9.17, 15) is 18.4 Å². The molecule has 3 rings (SSSR count). The summed E-state index contributed by atoms with van der Waals surface area (Å²) in [6.45, 7) is 2.19. The Bertz CT molecular complexity index is 1120. The van der Waals surface area contributed by atoms with Crippen LogP contribution < -0.4 is 4.31 Å². The number of halogens is 3. The maximum absolute atomic E-state index is 14.2. The number of esters is 1. The maximum atomic E-state index is 14.2. The van der Waals surface area contributed by atoms with E-state index in [-0.39, 0.29) is 24.6 Å². The fraction of sp³-hybridized carbons (Fsp3) is 0.269. The predicted octanol–water partition coefficient (Wildman–Crippen LogP) is 7.24. The van der Waals surface area contributed by atoms with Gasteiger partial charge in [-0.3, -0.25) is 9.78 Å². The zero-order valence-electron chi connectivity index (χ0n) is 19.1. The van der Waals surface area contributed by atoms with E-state index in [0.29, 0.717) is 35.0 Å². The molecule has 0 aliphatic carbocycles. The van der Waals surface area contributed by atoms with Crippen molar-refractivity contribution in [2.24, 2.45) is 0 Å². The molecule has 0 bridgehead atoms. The molecule has 0 spiro atoms. The van der Waals surface area contributed by atoms with Gasteiger partial charge in [0.05, 0.1) is 31.1 Å². The number of Topliss-reactive ketones (excluding diaryl/α,β-unsaturated/α-hetero) is 1. The number of methoxy groups -OCH3 is 1. The van der Waals surface area contributed by atoms with Crippen molar-refractivity contribution >= 4 is 45.3 Å². The second-order valence-electron chi connectivity index (χ2n) is 6.94. The molecule has 2 aromatic carbocycles. The van der Waals surface area contributed by atoms with E-state index in [0.717, 1.165) is 5.69 Å². The lowest BCUT2D eigenvalue weighted by molar-refractivity contribution is 0.0600. The van der Waals surface area contributed by atoms with Crippen molar-refractivity contribution in [3.8, 4) is 0 Å². The van der Waals surface area contributed by atoms with Crippen LogP contribution in [0, 0.1) is 11.6 Å². The van der Waals surface area contributed by atoms with Crippen molar-refractivity contribution in [3.05, 3.63) is 94.8 Å². The lowest BCUT2D eigenvalue weighted by atomic mass is 10.1. The number of nitrogens with zero attached hydrogens (tertiary/aromatic N) is 2. The van der Waals surface area contributed by atoms with E-state index in [4.69, 9.17) is 0 Å². The van der Waals surface area contributed by atoms with Gasteiger partial charge in [0, 0.05) is 35.3 Å². The molecule has 3 aromatic rings. The van der Waals surface area contributed by atoms with Crippen molar-refractivity contribution in [1.29, 1.82) is 0 Å². The van der Waals surface area contributed by atoms with Crippen LogP contribution in [0.2, 0.25) is 0 Å². The lowest BCUT2D eigenvalue weighted by Gasteiger charge is -2.21. The largest absolute Gasteiger partial charge is 0.465 e. The number of pyridine rings is 1. The highest BCUT2D eigenvalue weighted by molar-refractivity contribution is 9.08. The molecule has 0 N–H and O–H groups in total. The molecule has 0 fully saturated rings. The summed E-state index contributed by atoms with van der Waals surface area (Å²) in [6, 6.07) is 12.7. The summed E-state index contributed by atoms with van der Waals surface area (Å²) in [5.41, 5.74) is 2.65. The molecule has 0 aliphatic rings. The van der Waals surface area contributed by atoms with Crippen LogP contribution in [0.1, 0.15) is 52.6 Å². The maximum Gasteiger partial charge on any atom is 0.337 e. The Balaban J connectivity index is 0.000000378. The number of carbonyl (C=O) groups is 2. The van der Waals surface area contributed by atoms with Gasteiger partial charge in [-0.15, -0.1) is 0 Å². The Hall–Kier alpha value is -2.78. The minimum Gasteiger partial charge on any atom is -0.465 e. The topological polar surface area (TPSA) is 59.5 Å². The molecule has 0 saturated carbocycles. The zero-order valence-corrected chi connectivity index (χ0v) is 21.5. The first kappa shape index (κ1) is 30.3. The van der Waals surface area contributed by atoms with Gasteiger partial charge in [0.25, 0.3) is 0 Å². The fourth-order valence-corrected chi connectivity index (χ4v) is 3.91. The summed E-state index contributed by atoms with van der Waals surface area (Å²) in [6.07, 6.45) is 5.75. The van der Waals surface area contributed by atoms with Crippen LogP contribution in [0.5, 0.6) is 0 Å². The number of hydrogen-bond donors (Lipinski definition) is 0. The Labute approximate surface area is 218 Å². The molecule has 0 aliphatic heterocycles. The van der Waals surface area contributed by atoms with Crippen LogP contribution in [0.3, 0.4) is 0 Å². The minimum absolute atomic E-state index is 0. The average molecular weight is 567 g/mol. The van der Waals surface area contributed by atoms with Crippen LogP contribution in [0.4, 0.5) is 14.5 Å². The lowest BCUT2D eigenvalue weighted by Crippen LogP contribution is -2.14. The number of ketones is 1. The predicted molar refractivity (Wildman–Crippen MR) is 142 cm³/mol. The number of carbonyl (C=O) groups excluding carboxylic acids is 2. The van der Waals surface area contributed by atoms with Crippen molar-refractivity contribution in [2.75, 3.05) is 17.7 Å².